The number of anilines is 3. The lowest BCUT2D eigenvalue weighted by Crippen LogP contribution is -2.36. The summed E-state index contributed by atoms with van der Waals surface area (Å²) in [5, 5.41) is 11.2. The molecule has 0 bridgehead atoms. The topological polar surface area (TPSA) is 72.4 Å². The van der Waals surface area contributed by atoms with Crippen LogP contribution in [0.2, 0.25) is 0 Å². The largest absolute Gasteiger partial charge is 0.491 e. The lowest BCUT2D eigenvalue weighted by atomic mass is 10.3. The molecular weight excluding hydrogens is 294 g/mol. The van der Waals surface area contributed by atoms with E-state index in [4.69, 9.17) is 9.47 Å². The molecule has 2 aromatic rings. The summed E-state index contributed by atoms with van der Waals surface area (Å²) in [7, 11) is 0. The molecule has 1 aromatic carbocycles. The average molecular weight is 315 g/mol. The van der Waals surface area contributed by atoms with E-state index in [1.165, 1.54) is 0 Å². The van der Waals surface area contributed by atoms with Crippen LogP contribution in [0.4, 0.5) is 17.5 Å². The van der Waals surface area contributed by atoms with E-state index in [1.807, 2.05) is 38.1 Å². The van der Waals surface area contributed by atoms with Crippen LogP contribution in [-0.2, 0) is 4.74 Å². The number of hydrogen-bond acceptors (Lipinski definition) is 7. The molecule has 1 aliphatic heterocycles. The summed E-state index contributed by atoms with van der Waals surface area (Å²) >= 11 is 0. The van der Waals surface area contributed by atoms with Crippen molar-refractivity contribution in [2.75, 3.05) is 36.5 Å². The Morgan fingerprint density at radius 3 is 2.61 bits per heavy atom. The molecule has 0 aliphatic carbocycles. The van der Waals surface area contributed by atoms with Crippen molar-refractivity contribution in [3.8, 4) is 5.75 Å². The van der Waals surface area contributed by atoms with Crippen LogP contribution in [-0.4, -0.2) is 47.6 Å². The second kappa shape index (κ2) is 7.23. The first-order chi connectivity index (χ1) is 11.2. The molecule has 7 heteroatoms. The first kappa shape index (κ1) is 15.5. The van der Waals surface area contributed by atoms with Gasteiger partial charge < -0.3 is 19.7 Å². The Hall–Kier alpha value is -2.41. The number of aromatic nitrogens is 3. The lowest BCUT2D eigenvalue weighted by molar-refractivity contribution is 0.122. The molecule has 1 fully saturated rings. The summed E-state index contributed by atoms with van der Waals surface area (Å²) in [5.74, 6) is 2.13. The first-order valence-corrected chi connectivity index (χ1v) is 7.77. The molecule has 23 heavy (non-hydrogen) atoms. The van der Waals surface area contributed by atoms with Crippen molar-refractivity contribution in [1.29, 1.82) is 0 Å². The van der Waals surface area contributed by atoms with Crippen molar-refractivity contribution in [3.63, 3.8) is 0 Å². The second-order valence-corrected chi connectivity index (χ2v) is 5.55. The number of ether oxygens (including phenoxy) is 2. The molecule has 0 amide bonds. The molecule has 0 spiro atoms. The van der Waals surface area contributed by atoms with E-state index in [2.05, 4.69) is 25.4 Å². The van der Waals surface area contributed by atoms with E-state index < -0.39 is 0 Å². The van der Waals surface area contributed by atoms with E-state index >= 15 is 0 Å². The van der Waals surface area contributed by atoms with Crippen molar-refractivity contribution in [2.45, 2.75) is 20.0 Å². The third-order valence-corrected chi connectivity index (χ3v) is 3.36. The predicted octanol–water partition coefficient (Wildman–Crippen LogP) is 2.24. The Morgan fingerprint density at radius 2 is 1.91 bits per heavy atom. The molecule has 0 saturated carbocycles. The van der Waals surface area contributed by atoms with Gasteiger partial charge in [0, 0.05) is 18.8 Å². The maximum atomic E-state index is 5.63. The second-order valence-electron chi connectivity index (χ2n) is 5.55. The Kier molecular flexibility index (Phi) is 4.87. The van der Waals surface area contributed by atoms with Crippen LogP contribution >= 0.6 is 0 Å². The first-order valence-electron chi connectivity index (χ1n) is 7.77. The average Bonchev–Trinajstić information content (AvgIpc) is 2.57. The van der Waals surface area contributed by atoms with Crippen LogP contribution in [0.3, 0.4) is 0 Å². The van der Waals surface area contributed by atoms with E-state index in [0.717, 1.165) is 30.3 Å². The van der Waals surface area contributed by atoms with Gasteiger partial charge in [-0.05, 0) is 38.1 Å². The molecule has 1 N–H and O–H groups in total. The van der Waals surface area contributed by atoms with E-state index in [1.54, 1.807) is 6.20 Å². The van der Waals surface area contributed by atoms with Gasteiger partial charge in [-0.2, -0.15) is 10.1 Å². The third-order valence-electron chi connectivity index (χ3n) is 3.36. The molecule has 0 atom stereocenters. The summed E-state index contributed by atoms with van der Waals surface area (Å²) in [6, 6.07) is 7.70. The Balaban J connectivity index is 1.67. The highest BCUT2D eigenvalue weighted by Crippen LogP contribution is 2.20. The van der Waals surface area contributed by atoms with Gasteiger partial charge >= 0.3 is 0 Å². The number of nitrogens with zero attached hydrogens (tertiary/aromatic N) is 4. The van der Waals surface area contributed by atoms with Crippen LogP contribution in [0.5, 0.6) is 5.75 Å². The van der Waals surface area contributed by atoms with Crippen LogP contribution in [0, 0.1) is 0 Å². The SMILES string of the molecule is CC(C)Oc1ccc(Nc2nncc(N3CCOCC3)n2)cc1. The highest BCUT2D eigenvalue weighted by Gasteiger charge is 2.13. The van der Waals surface area contributed by atoms with Crippen LogP contribution in [0.15, 0.2) is 30.5 Å². The highest BCUT2D eigenvalue weighted by molar-refractivity contribution is 5.55. The van der Waals surface area contributed by atoms with Gasteiger partial charge in [-0.25, -0.2) is 0 Å². The zero-order valence-corrected chi connectivity index (χ0v) is 13.4. The van der Waals surface area contributed by atoms with Gasteiger partial charge in [-0.1, -0.05) is 0 Å². The van der Waals surface area contributed by atoms with Crippen LogP contribution < -0.4 is 15.0 Å². The van der Waals surface area contributed by atoms with E-state index in [9.17, 15) is 0 Å². The lowest BCUT2D eigenvalue weighted by Gasteiger charge is -2.27. The van der Waals surface area contributed by atoms with Gasteiger partial charge in [0.2, 0.25) is 5.95 Å². The summed E-state index contributed by atoms with van der Waals surface area (Å²) < 4.78 is 11.0. The fraction of sp³-hybridized carbons (Fsp3) is 0.438. The van der Waals surface area contributed by atoms with Gasteiger partial charge in [0.1, 0.15) is 5.75 Å². The van der Waals surface area contributed by atoms with Gasteiger partial charge in [0.05, 0.1) is 25.5 Å². The number of hydrogen-bond donors (Lipinski definition) is 1. The molecule has 7 nitrogen and oxygen atoms in total. The van der Waals surface area contributed by atoms with E-state index in [-0.39, 0.29) is 6.10 Å². The fourth-order valence-electron chi connectivity index (χ4n) is 2.31. The van der Waals surface area contributed by atoms with Crippen molar-refractivity contribution < 1.29 is 9.47 Å². The predicted molar refractivity (Wildman–Crippen MR) is 88.3 cm³/mol. The Morgan fingerprint density at radius 1 is 1.17 bits per heavy atom. The number of nitrogens with one attached hydrogen (secondary N) is 1. The minimum Gasteiger partial charge on any atom is -0.491 e. The summed E-state index contributed by atoms with van der Waals surface area (Å²) in [5.41, 5.74) is 0.891. The molecule has 1 saturated heterocycles. The van der Waals surface area contributed by atoms with Crippen LogP contribution in [0.25, 0.3) is 0 Å². The standard InChI is InChI=1S/C16H21N5O2/c1-12(2)23-14-5-3-13(4-6-14)18-16-19-15(11-17-20-16)21-7-9-22-10-8-21/h3-6,11-12H,7-10H2,1-2H3,(H,18,19,20). The molecule has 122 valence electrons. The molecule has 1 aromatic heterocycles. The summed E-state index contributed by atoms with van der Waals surface area (Å²) in [6.07, 6.45) is 1.84. The zero-order chi connectivity index (χ0) is 16.1. The summed E-state index contributed by atoms with van der Waals surface area (Å²) in [6.45, 7) is 7.07. The van der Waals surface area contributed by atoms with Gasteiger partial charge in [0.15, 0.2) is 5.82 Å². The van der Waals surface area contributed by atoms with Gasteiger partial charge in [-0.3, -0.25) is 0 Å². The Labute approximate surface area is 135 Å². The summed E-state index contributed by atoms with van der Waals surface area (Å²) in [4.78, 5) is 6.66. The normalized spacial score (nSPS) is 14.8. The van der Waals surface area contributed by atoms with E-state index in [0.29, 0.717) is 19.2 Å². The quantitative estimate of drug-likeness (QED) is 0.907. The zero-order valence-electron chi connectivity index (χ0n) is 13.4. The molecular formula is C16H21N5O2. The molecule has 0 unspecified atom stereocenters. The molecule has 3 rings (SSSR count). The minimum atomic E-state index is 0.159. The fourth-order valence-corrected chi connectivity index (χ4v) is 2.31. The number of morpholine rings is 1. The molecule has 1 aliphatic rings. The highest BCUT2D eigenvalue weighted by atomic mass is 16.5. The smallest absolute Gasteiger partial charge is 0.249 e. The van der Waals surface area contributed by atoms with Crippen molar-refractivity contribution >= 4 is 17.5 Å². The van der Waals surface area contributed by atoms with Crippen molar-refractivity contribution in [1.82, 2.24) is 15.2 Å². The van der Waals surface area contributed by atoms with Gasteiger partial charge in [-0.15, -0.1) is 5.10 Å². The maximum absolute atomic E-state index is 5.63. The number of benzene rings is 1. The van der Waals surface area contributed by atoms with Crippen molar-refractivity contribution in [2.24, 2.45) is 0 Å². The van der Waals surface area contributed by atoms with Crippen molar-refractivity contribution in [3.05, 3.63) is 30.5 Å². The monoisotopic (exact) mass is 315 g/mol. The number of rotatable bonds is 5. The maximum Gasteiger partial charge on any atom is 0.249 e. The van der Waals surface area contributed by atoms with Crippen LogP contribution in [0.1, 0.15) is 13.8 Å². The molecule has 0 radical (unpaired) electrons. The molecule has 2 heterocycles. The third kappa shape index (κ3) is 4.29. The Bertz CT molecular complexity index is 627. The minimum absolute atomic E-state index is 0.159. The van der Waals surface area contributed by atoms with Gasteiger partial charge in [0.25, 0.3) is 0 Å².